The smallest absolute Gasteiger partial charge is 0.256 e. The van der Waals surface area contributed by atoms with E-state index in [0.717, 1.165) is 32.6 Å². The quantitative estimate of drug-likeness (QED) is 0.684. The Kier molecular flexibility index (Phi) is 4.33. The maximum Gasteiger partial charge on any atom is 0.256 e. The highest BCUT2D eigenvalue weighted by molar-refractivity contribution is 5.37. The van der Waals surface area contributed by atoms with Crippen LogP contribution in [0.3, 0.4) is 0 Å². The first-order valence-electron chi connectivity index (χ1n) is 6.51. The maximum atomic E-state index is 11.9. The minimum absolute atomic E-state index is 0.0884. The van der Waals surface area contributed by atoms with Crippen molar-refractivity contribution in [2.24, 2.45) is 0 Å². The molecule has 1 saturated heterocycles. The van der Waals surface area contributed by atoms with Crippen molar-refractivity contribution in [3.63, 3.8) is 0 Å². The summed E-state index contributed by atoms with van der Waals surface area (Å²) in [6, 6.07) is 0. The minimum Gasteiger partial charge on any atom is -0.383 e. The molecule has 1 aliphatic rings. The lowest BCUT2D eigenvalue weighted by atomic mass is 10.2. The van der Waals surface area contributed by atoms with Crippen LogP contribution in [0.2, 0.25) is 0 Å². The number of piperazine rings is 1. The lowest BCUT2D eigenvalue weighted by Crippen LogP contribution is -2.43. The van der Waals surface area contributed by atoms with Crippen molar-refractivity contribution in [3.8, 4) is 0 Å². The highest BCUT2D eigenvalue weighted by Gasteiger charge is 2.13. The van der Waals surface area contributed by atoms with Crippen molar-refractivity contribution in [1.29, 1.82) is 0 Å². The molecule has 0 aromatic carbocycles. The van der Waals surface area contributed by atoms with Crippen LogP contribution in [0.25, 0.3) is 0 Å². The molecule has 1 aromatic rings. The van der Waals surface area contributed by atoms with Crippen LogP contribution in [0, 0.1) is 0 Å². The van der Waals surface area contributed by atoms with Crippen LogP contribution in [0.1, 0.15) is 24.7 Å². The van der Waals surface area contributed by atoms with E-state index in [-0.39, 0.29) is 5.56 Å². The standard InChI is InChI=1S/C12H21N5O/c1-2-3-9-11(13)15-10(16-12(9)18)8-17-6-4-14-5-7-17/h14H,2-8H2,1H3,(H3,13,15,16,18). The molecule has 0 spiro atoms. The monoisotopic (exact) mass is 251 g/mol. The van der Waals surface area contributed by atoms with E-state index in [1.54, 1.807) is 0 Å². The Balaban J connectivity index is 2.11. The van der Waals surface area contributed by atoms with Crippen LogP contribution in [0.15, 0.2) is 4.79 Å². The summed E-state index contributed by atoms with van der Waals surface area (Å²) in [5.74, 6) is 1.05. The maximum absolute atomic E-state index is 11.9. The van der Waals surface area contributed by atoms with Crippen molar-refractivity contribution in [2.75, 3.05) is 31.9 Å². The predicted molar refractivity (Wildman–Crippen MR) is 71.4 cm³/mol. The lowest BCUT2D eigenvalue weighted by Gasteiger charge is -2.26. The third kappa shape index (κ3) is 3.08. The average molecular weight is 251 g/mol. The van der Waals surface area contributed by atoms with Crippen LogP contribution in [0.5, 0.6) is 0 Å². The molecular weight excluding hydrogens is 230 g/mol. The van der Waals surface area contributed by atoms with E-state index in [1.807, 2.05) is 6.92 Å². The zero-order chi connectivity index (χ0) is 13.0. The first-order chi connectivity index (χ1) is 8.70. The molecule has 4 N–H and O–H groups in total. The van der Waals surface area contributed by atoms with Gasteiger partial charge in [0, 0.05) is 26.2 Å². The van der Waals surface area contributed by atoms with Gasteiger partial charge in [-0.3, -0.25) is 9.69 Å². The normalized spacial score (nSPS) is 16.9. The van der Waals surface area contributed by atoms with E-state index >= 15 is 0 Å². The van der Waals surface area contributed by atoms with Gasteiger partial charge < -0.3 is 16.0 Å². The minimum atomic E-state index is -0.0884. The number of hydrogen-bond donors (Lipinski definition) is 3. The summed E-state index contributed by atoms with van der Waals surface area (Å²) in [7, 11) is 0. The molecular formula is C12H21N5O. The molecule has 0 bridgehead atoms. The number of nitrogens with zero attached hydrogens (tertiary/aromatic N) is 2. The van der Waals surface area contributed by atoms with Crippen molar-refractivity contribution in [1.82, 2.24) is 20.2 Å². The van der Waals surface area contributed by atoms with Gasteiger partial charge in [-0.25, -0.2) is 4.98 Å². The summed E-state index contributed by atoms with van der Waals surface area (Å²) >= 11 is 0. The number of nitrogens with one attached hydrogen (secondary N) is 2. The Morgan fingerprint density at radius 3 is 2.72 bits per heavy atom. The Bertz CT molecular complexity index is 450. The topological polar surface area (TPSA) is 87.0 Å². The van der Waals surface area contributed by atoms with E-state index in [9.17, 15) is 4.79 Å². The predicted octanol–water partition coefficient (Wildman–Crippen LogP) is -0.290. The summed E-state index contributed by atoms with van der Waals surface area (Å²) in [5.41, 5.74) is 6.38. The van der Waals surface area contributed by atoms with Gasteiger partial charge in [-0.15, -0.1) is 0 Å². The molecule has 1 aliphatic heterocycles. The lowest BCUT2D eigenvalue weighted by molar-refractivity contribution is 0.228. The fraction of sp³-hybridized carbons (Fsp3) is 0.667. The number of nitrogens with two attached hydrogens (primary N) is 1. The van der Waals surface area contributed by atoms with Crippen molar-refractivity contribution >= 4 is 5.82 Å². The molecule has 0 radical (unpaired) electrons. The zero-order valence-electron chi connectivity index (χ0n) is 10.8. The van der Waals surface area contributed by atoms with Gasteiger partial charge in [-0.05, 0) is 6.42 Å². The summed E-state index contributed by atoms with van der Waals surface area (Å²) < 4.78 is 0. The summed E-state index contributed by atoms with van der Waals surface area (Å²) in [6.45, 7) is 6.59. The van der Waals surface area contributed by atoms with Gasteiger partial charge in [0.2, 0.25) is 0 Å². The van der Waals surface area contributed by atoms with Crippen LogP contribution >= 0.6 is 0 Å². The number of nitrogen functional groups attached to an aromatic ring is 1. The van der Waals surface area contributed by atoms with Crippen LogP contribution in [-0.4, -0.2) is 41.0 Å². The second-order valence-electron chi connectivity index (χ2n) is 4.65. The van der Waals surface area contributed by atoms with E-state index < -0.39 is 0 Å². The molecule has 6 heteroatoms. The SMILES string of the molecule is CCCc1c(N)nc(CN2CCNCC2)[nH]c1=O. The molecule has 0 atom stereocenters. The summed E-state index contributed by atoms with van der Waals surface area (Å²) in [4.78, 5) is 21.3. The number of H-pyrrole nitrogens is 1. The van der Waals surface area contributed by atoms with Gasteiger partial charge in [-0.2, -0.15) is 0 Å². The van der Waals surface area contributed by atoms with Crippen molar-refractivity contribution < 1.29 is 0 Å². The first kappa shape index (κ1) is 13.0. The Morgan fingerprint density at radius 2 is 2.11 bits per heavy atom. The molecule has 18 heavy (non-hydrogen) atoms. The second-order valence-corrected chi connectivity index (χ2v) is 4.65. The van der Waals surface area contributed by atoms with Gasteiger partial charge >= 0.3 is 0 Å². The molecule has 0 saturated carbocycles. The zero-order valence-corrected chi connectivity index (χ0v) is 10.8. The van der Waals surface area contributed by atoms with E-state index in [1.165, 1.54) is 0 Å². The first-order valence-corrected chi connectivity index (χ1v) is 6.51. The van der Waals surface area contributed by atoms with Crippen molar-refractivity contribution in [2.45, 2.75) is 26.3 Å². The Hall–Kier alpha value is -1.40. The molecule has 2 heterocycles. The fourth-order valence-corrected chi connectivity index (χ4v) is 2.21. The third-order valence-electron chi connectivity index (χ3n) is 3.18. The van der Waals surface area contributed by atoms with Crippen LogP contribution in [-0.2, 0) is 13.0 Å². The Morgan fingerprint density at radius 1 is 1.39 bits per heavy atom. The van der Waals surface area contributed by atoms with Crippen LogP contribution < -0.4 is 16.6 Å². The summed E-state index contributed by atoms with van der Waals surface area (Å²) in [5, 5.41) is 3.29. The van der Waals surface area contributed by atoms with Gasteiger partial charge in [0.1, 0.15) is 11.6 Å². The molecule has 0 amide bonds. The number of hydrogen-bond acceptors (Lipinski definition) is 5. The highest BCUT2D eigenvalue weighted by atomic mass is 16.1. The van der Waals surface area contributed by atoms with E-state index in [4.69, 9.17) is 5.73 Å². The fourth-order valence-electron chi connectivity index (χ4n) is 2.21. The molecule has 6 nitrogen and oxygen atoms in total. The molecule has 0 aliphatic carbocycles. The number of aromatic nitrogens is 2. The second kappa shape index (κ2) is 5.97. The Labute approximate surface area is 107 Å². The van der Waals surface area contributed by atoms with Gasteiger partial charge in [0.25, 0.3) is 5.56 Å². The molecule has 2 rings (SSSR count). The summed E-state index contributed by atoms with van der Waals surface area (Å²) in [6.07, 6.45) is 1.58. The molecule has 1 fully saturated rings. The van der Waals surface area contributed by atoms with Gasteiger partial charge in [-0.1, -0.05) is 13.3 Å². The molecule has 0 unspecified atom stereocenters. The number of rotatable bonds is 4. The van der Waals surface area contributed by atoms with E-state index in [0.29, 0.717) is 30.2 Å². The molecule has 1 aromatic heterocycles. The average Bonchev–Trinajstić information content (AvgIpc) is 2.35. The van der Waals surface area contributed by atoms with Gasteiger partial charge in [0.15, 0.2) is 0 Å². The van der Waals surface area contributed by atoms with Crippen molar-refractivity contribution in [3.05, 3.63) is 21.7 Å². The van der Waals surface area contributed by atoms with Gasteiger partial charge in [0.05, 0.1) is 12.1 Å². The van der Waals surface area contributed by atoms with E-state index in [2.05, 4.69) is 20.2 Å². The van der Waals surface area contributed by atoms with Crippen LogP contribution in [0.4, 0.5) is 5.82 Å². The molecule has 100 valence electrons. The largest absolute Gasteiger partial charge is 0.383 e. The highest BCUT2D eigenvalue weighted by Crippen LogP contribution is 2.07. The third-order valence-corrected chi connectivity index (χ3v) is 3.18. The number of aromatic amines is 1. The number of anilines is 1.